The predicted molar refractivity (Wildman–Crippen MR) is 64.6 cm³/mol. The Morgan fingerprint density at radius 2 is 1.94 bits per heavy atom. The number of benzene rings is 1. The second kappa shape index (κ2) is 7.44. The molecule has 1 amide bonds. The topological polar surface area (TPSA) is 55.4 Å². The molecule has 0 aliphatic heterocycles. The summed E-state index contributed by atoms with van der Waals surface area (Å²) in [5.74, 6) is -0.450. The van der Waals surface area contributed by atoms with Crippen LogP contribution in [0, 0.1) is 0 Å². The fourth-order valence-corrected chi connectivity index (χ4v) is 1.26. The van der Waals surface area contributed by atoms with Crippen molar-refractivity contribution >= 4 is 11.9 Å². The Labute approximate surface area is 101 Å². The van der Waals surface area contributed by atoms with E-state index >= 15 is 0 Å². The molecule has 17 heavy (non-hydrogen) atoms. The molecular weight excluding hydrogens is 218 g/mol. The van der Waals surface area contributed by atoms with Crippen LogP contribution in [0.15, 0.2) is 30.3 Å². The van der Waals surface area contributed by atoms with Gasteiger partial charge in [-0.1, -0.05) is 25.1 Å². The van der Waals surface area contributed by atoms with E-state index in [-0.39, 0.29) is 18.3 Å². The van der Waals surface area contributed by atoms with E-state index in [2.05, 4.69) is 5.32 Å². The third-order valence-corrected chi connectivity index (χ3v) is 2.12. The molecule has 1 aromatic carbocycles. The van der Waals surface area contributed by atoms with Crippen molar-refractivity contribution in [1.29, 1.82) is 0 Å². The average Bonchev–Trinajstić information content (AvgIpc) is 2.37. The van der Waals surface area contributed by atoms with Gasteiger partial charge in [0.2, 0.25) is 0 Å². The minimum absolute atomic E-state index is 0.172. The molecule has 1 N–H and O–H groups in total. The van der Waals surface area contributed by atoms with Crippen LogP contribution in [-0.2, 0) is 9.53 Å². The number of rotatable bonds is 6. The van der Waals surface area contributed by atoms with Crippen molar-refractivity contribution in [1.82, 2.24) is 5.32 Å². The number of hydrogen-bond donors (Lipinski definition) is 1. The van der Waals surface area contributed by atoms with E-state index < -0.39 is 0 Å². The van der Waals surface area contributed by atoms with Gasteiger partial charge in [0, 0.05) is 12.1 Å². The Balaban J connectivity index is 2.23. The molecule has 0 radical (unpaired) electrons. The molecule has 0 heterocycles. The molecule has 0 aromatic heterocycles. The summed E-state index contributed by atoms with van der Waals surface area (Å²) in [6.07, 6.45) is 1.01. The minimum Gasteiger partial charge on any atom is -0.466 e. The van der Waals surface area contributed by atoms with Crippen molar-refractivity contribution in [2.75, 3.05) is 13.2 Å². The van der Waals surface area contributed by atoms with Crippen molar-refractivity contribution in [3.8, 4) is 0 Å². The minimum atomic E-state index is -0.278. The van der Waals surface area contributed by atoms with Gasteiger partial charge in [0.25, 0.3) is 5.91 Å². The summed E-state index contributed by atoms with van der Waals surface area (Å²) in [6, 6.07) is 8.89. The summed E-state index contributed by atoms with van der Waals surface area (Å²) in [5, 5.41) is 2.67. The van der Waals surface area contributed by atoms with Crippen molar-refractivity contribution in [2.24, 2.45) is 0 Å². The zero-order valence-corrected chi connectivity index (χ0v) is 9.94. The van der Waals surface area contributed by atoms with Gasteiger partial charge >= 0.3 is 5.97 Å². The first-order valence-electron chi connectivity index (χ1n) is 5.73. The summed E-state index contributed by atoms with van der Waals surface area (Å²) in [4.78, 5) is 22.7. The normalized spacial score (nSPS) is 9.71. The molecule has 0 spiro atoms. The lowest BCUT2D eigenvalue weighted by Gasteiger charge is -2.05. The number of carbonyl (C=O) groups is 2. The number of nitrogens with one attached hydrogen (secondary N) is 1. The van der Waals surface area contributed by atoms with Gasteiger partial charge in [-0.2, -0.15) is 0 Å². The monoisotopic (exact) mass is 235 g/mol. The smallest absolute Gasteiger partial charge is 0.307 e. The van der Waals surface area contributed by atoms with Crippen LogP contribution in [0.25, 0.3) is 0 Å². The molecule has 1 aromatic rings. The summed E-state index contributed by atoms with van der Waals surface area (Å²) in [6.45, 7) is 2.67. The molecule has 0 saturated carbocycles. The molecule has 1 rings (SSSR count). The van der Waals surface area contributed by atoms with E-state index in [4.69, 9.17) is 4.74 Å². The zero-order valence-electron chi connectivity index (χ0n) is 9.94. The molecule has 92 valence electrons. The van der Waals surface area contributed by atoms with E-state index in [1.54, 1.807) is 24.3 Å². The van der Waals surface area contributed by atoms with Crippen molar-refractivity contribution in [2.45, 2.75) is 19.8 Å². The Hall–Kier alpha value is -1.84. The second-order valence-electron chi connectivity index (χ2n) is 3.59. The first kappa shape index (κ1) is 13.2. The Morgan fingerprint density at radius 1 is 1.24 bits per heavy atom. The van der Waals surface area contributed by atoms with Crippen LogP contribution in [0.4, 0.5) is 0 Å². The first-order valence-corrected chi connectivity index (χ1v) is 5.73. The standard InChI is InChI=1S/C13H17NO3/c1-2-10-17-12(15)8-9-14-13(16)11-6-4-3-5-7-11/h3-7H,2,8-10H2,1H3,(H,14,16). The molecule has 0 saturated heterocycles. The van der Waals surface area contributed by atoms with Crippen LogP contribution in [0.1, 0.15) is 30.1 Å². The number of amides is 1. The van der Waals surface area contributed by atoms with E-state index in [0.717, 1.165) is 6.42 Å². The summed E-state index contributed by atoms with van der Waals surface area (Å²) >= 11 is 0. The quantitative estimate of drug-likeness (QED) is 0.764. The summed E-state index contributed by atoms with van der Waals surface area (Å²) < 4.78 is 4.89. The van der Waals surface area contributed by atoms with Gasteiger partial charge in [-0.15, -0.1) is 0 Å². The number of hydrogen-bond acceptors (Lipinski definition) is 3. The first-order chi connectivity index (χ1) is 8.24. The van der Waals surface area contributed by atoms with Crippen LogP contribution in [-0.4, -0.2) is 25.0 Å². The van der Waals surface area contributed by atoms with Gasteiger partial charge in [-0.05, 0) is 18.6 Å². The number of ether oxygens (including phenoxy) is 1. The molecule has 0 atom stereocenters. The summed E-state index contributed by atoms with van der Waals surface area (Å²) in [5.41, 5.74) is 0.592. The zero-order chi connectivity index (χ0) is 12.5. The van der Waals surface area contributed by atoms with Crippen LogP contribution in [0.2, 0.25) is 0 Å². The van der Waals surface area contributed by atoms with E-state index in [1.807, 2.05) is 13.0 Å². The highest BCUT2D eigenvalue weighted by Gasteiger charge is 2.06. The Kier molecular flexibility index (Phi) is 5.79. The maximum atomic E-state index is 11.6. The molecule has 0 bridgehead atoms. The van der Waals surface area contributed by atoms with Crippen LogP contribution in [0.5, 0.6) is 0 Å². The third kappa shape index (κ3) is 5.15. The van der Waals surface area contributed by atoms with Gasteiger partial charge < -0.3 is 10.1 Å². The highest BCUT2D eigenvalue weighted by molar-refractivity contribution is 5.94. The van der Waals surface area contributed by atoms with E-state index in [1.165, 1.54) is 0 Å². The number of esters is 1. The molecule has 0 aliphatic rings. The molecular formula is C13H17NO3. The molecule has 0 fully saturated rings. The molecule has 0 unspecified atom stereocenters. The lowest BCUT2D eigenvalue weighted by Crippen LogP contribution is -2.26. The highest BCUT2D eigenvalue weighted by atomic mass is 16.5. The van der Waals surface area contributed by atoms with Crippen molar-refractivity contribution in [3.63, 3.8) is 0 Å². The van der Waals surface area contributed by atoms with Gasteiger partial charge in [0.05, 0.1) is 13.0 Å². The SMILES string of the molecule is CCCOC(=O)CCNC(=O)c1ccccc1. The van der Waals surface area contributed by atoms with Gasteiger partial charge in [0.15, 0.2) is 0 Å². The maximum Gasteiger partial charge on any atom is 0.307 e. The van der Waals surface area contributed by atoms with Crippen LogP contribution in [0.3, 0.4) is 0 Å². The largest absolute Gasteiger partial charge is 0.466 e. The Morgan fingerprint density at radius 3 is 2.59 bits per heavy atom. The lowest BCUT2D eigenvalue weighted by molar-refractivity contribution is -0.143. The maximum absolute atomic E-state index is 11.6. The molecule has 0 aliphatic carbocycles. The molecule has 4 heteroatoms. The van der Waals surface area contributed by atoms with E-state index in [9.17, 15) is 9.59 Å². The van der Waals surface area contributed by atoms with E-state index in [0.29, 0.717) is 18.7 Å². The third-order valence-electron chi connectivity index (χ3n) is 2.12. The number of carbonyl (C=O) groups excluding carboxylic acids is 2. The van der Waals surface area contributed by atoms with Gasteiger partial charge in [0.1, 0.15) is 0 Å². The van der Waals surface area contributed by atoms with Crippen LogP contribution >= 0.6 is 0 Å². The van der Waals surface area contributed by atoms with Gasteiger partial charge in [-0.3, -0.25) is 9.59 Å². The summed E-state index contributed by atoms with van der Waals surface area (Å²) in [7, 11) is 0. The van der Waals surface area contributed by atoms with Crippen LogP contribution < -0.4 is 5.32 Å². The van der Waals surface area contributed by atoms with Crippen molar-refractivity contribution < 1.29 is 14.3 Å². The highest BCUT2D eigenvalue weighted by Crippen LogP contribution is 1.97. The van der Waals surface area contributed by atoms with Gasteiger partial charge in [-0.25, -0.2) is 0 Å². The molecule has 4 nitrogen and oxygen atoms in total. The fourth-order valence-electron chi connectivity index (χ4n) is 1.26. The second-order valence-corrected chi connectivity index (χ2v) is 3.59. The fraction of sp³-hybridized carbons (Fsp3) is 0.385. The van der Waals surface area contributed by atoms with Crippen molar-refractivity contribution in [3.05, 3.63) is 35.9 Å². The average molecular weight is 235 g/mol. The lowest BCUT2D eigenvalue weighted by atomic mass is 10.2. The predicted octanol–water partition coefficient (Wildman–Crippen LogP) is 1.76. The Bertz CT molecular complexity index is 362.